The highest BCUT2D eigenvalue weighted by atomic mass is 32.1. The zero-order chi connectivity index (χ0) is 17.8. The summed E-state index contributed by atoms with van der Waals surface area (Å²) in [6.07, 6.45) is 14.8. The molecular formula is C22H32O2S2. The van der Waals surface area contributed by atoms with Crippen LogP contribution < -0.4 is 0 Å². The molecule has 0 heterocycles. The van der Waals surface area contributed by atoms with Gasteiger partial charge in [0.15, 0.2) is 0 Å². The molecule has 8 atom stereocenters. The molecule has 6 aliphatic rings. The molecule has 8 unspecified atom stereocenters. The van der Waals surface area contributed by atoms with E-state index in [9.17, 15) is 0 Å². The van der Waals surface area contributed by atoms with E-state index in [2.05, 4.69) is 6.58 Å². The first kappa shape index (κ1) is 16.9. The molecule has 4 heteroatoms. The van der Waals surface area contributed by atoms with Gasteiger partial charge in [-0.1, -0.05) is 12.8 Å². The fraction of sp³-hybridized carbons (Fsp3) is 0.909. The molecule has 6 rings (SSSR count). The third-order valence-corrected chi connectivity index (χ3v) is 11.7. The van der Waals surface area contributed by atoms with Gasteiger partial charge in [-0.15, -0.1) is 0 Å². The standard InChI is InChI=1S/C22H32O2S2/c1-14(23-19-10-6-15(12-19)17-4-2-8-21(17,19)25)24-20-11-7-16(13-20)18-5-3-9-22(18,20)26/h15-18,25-26H,1-13H2. The van der Waals surface area contributed by atoms with Gasteiger partial charge in [-0.2, -0.15) is 25.3 Å². The van der Waals surface area contributed by atoms with E-state index in [-0.39, 0.29) is 20.7 Å². The van der Waals surface area contributed by atoms with Crippen molar-refractivity contribution < 1.29 is 9.47 Å². The van der Waals surface area contributed by atoms with E-state index in [1.165, 1.54) is 51.4 Å². The van der Waals surface area contributed by atoms with Crippen LogP contribution in [-0.2, 0) is 9.47 Å². The Morgan fingerprint density at radius 3 is 1.65 bits per heavy atom. The minimum Gasteiger partial charge on any atom is -0.458 e. The van der Waals surface area contributed by atoms with E-state index in [1.54, 1.807) is 0 Å². The van der Waals surface area contributed by atoms with Crippen LogP contribution in [0.5, 0.6) is 0 Å². The average Bonchev–Trinajstić information content (AvgIpc) is 3.34. The number of hydrogen-bond donors (Lipinski definition) is 2. The number of rotatable bonds is 4. The van der Waals surface area contributed by atoms with Crippen molar-refractivity contribution in [1.29, 1.82) is 0 Å². The SMILES string of the molecule is C=C(OC12CCC(C1)C1CCCC12S)OC12CCC(C1)C1CCCC12S. The second-order valence-corrected chi connectivity index (χ2v) is 12.0. The molecule has 0 N–H and O–H groups in total. The second-order valence-electron chi connectivity index (χ2n) is 10.4. The molecule has 6 fully saturated rings. The molecule has 2 nitrogen and oxygen atoms in total. The third kappa shape index (κ3) is 1.81. The van der Waals surface area contributed by atoms with Crippen molar-refractivity contribution >= 4 is 25.3 Å². The Balaban J connectivity index is 1.25. The first-order valence-electron chi connectivity index (χ1n) is 10.9. The largest absolute Gasteiger partial charge is 0.458 e. The van der Waals surface area contributed by atoms with Crippen LogP contribution >= 0.6 is 25.3 Å². The van der Waals surface area contributed by atoms with Crippen molar-refractivity contribution in [3.63, 3.8) is 0 Å². The lowest BCUT2D eigenvalue weighted by Crippen LogP contribution is -2.52. The van der Waals surface area contributed by atoms with Gasteiger partial charge < -0.3 is 9.47 Å². The van der Waals surface area contributed by atoms with E-state index in [4.69, 9.17) is 34.7 Å². The van der Waals surface area contributed by atoms with Gasteiger partial charge >= 0.3 is 0 Å². The average molecular weight is 393 g/mol. The Hall–Kier alpha value is 0.0400. The quantitative estimate of drug-likeness (QED) is 0.484. The van der Waals surface area contributed by atoms with Crippen LogP contribution in [-0.4, -0.2) is 20.7 Å². The van der Waals surface area contributed by atoms with Crippen molar-refractivity contribution in [3.05, 3.63) is 12.5 Å². The summed E-state index contributed by atoms with van der Waals surface area (Å²) in [4.78, 5) is 0. The van der Waals surface area contributed by atoms with Crippen LogP contribution in [0, 0.1) is 23.7 Å². The molecule has 0 aromatic rings. The molecule has 4 bridgehead atoms. The maximum Gasteiger partial charge on any atom is 0.272 e. The third-order valence-electron chi connectivity index (χ3n) is 9.73. The van der Waals surface area contributed by atoms with Gasteiger partial charge in [0.05, 0.1) is 9.49 Å². The van der Waals surface area contributed by atoms with Gasteiger partial charge in [-0.3, -0.25) is 0 Å². The minimum atomic E-state index is -0.134. The number of fused-ring (bicyclic) bond motifs is 10. The molecule has 26 heavy (non-hydrogen) atoms. The Labute approximate surface area is 168 Å². The van der Waals surface area contributed by atoms with Crippen molar-refractivity contribution in [2.75, 3.05) is 0 Å². The fourth-order valence-corrected chi connectivity index (χ4v) is 10.3. The van der Waals surface area contributed by atoms with Crippen LogP contribution in [0.15, 0.2) is 12.5 Å². The van der Waals surface area contributed by atoms with Crippen molar-refractivity contribution in [3.8, 4) is 0 Å². The Kier molecular flexibility index (Phi) is 3.35. The fourth-order valence-electron chi connectivity index (χ4n) is 8.80. The maximum atomic E-state index is 6.68. The summed E-state index contributed by atoms with van der Waals surface area (Å²) >= 11 is 10.5. The Morgan fingerprint density at radius 2 is 1.19 bits per heavy atom. The van der Waals surface area contributed by atoms with Crippen LogP contribution in [0.25, 0.3) is 0 Å². The van der Waals surface area contributed by atoms with Crippen LogP contribution in [0.4, 0.5) is 0 Å². The summed E-state index contributed by atoms with van der Waals surface area (Å²) in [5, 5.41) is 0. The first-order chi connectivity index (χ1) is 12.4. The summed E-state index contributed by atoms with van der Waals surface area (Å²) in [6, 6.07) is 0. The van der Waals surface area contributed by atoms with Gasteiger partial charge in [0.2, 0.25) is 0 Å². The normalized spacial score (nSPS) is 58.8. The van der Waals surface area contributed by atoms with Gasteiger partial charge in [-0.25, -0.2) is 0 Å². The molecule has 0 amide bonds. The summed E-state index contributed by atoms with van der Waals surface area (Å²) in [7, 11) is 0. The highest BCUT2D eigenvalue weighted by molar-refractivity contribution is 7.82. The van der Waals surface area contributed by atoms with E-state index >= 15 is 0 Å². The molecule has 0 aromatic carbocycles. The van der Waals surface area contributed by atoms with Gasteiger partial charge in [-0.05, 0) is 94.5 Å². The zero-order valence-corrected chi connectivity index (χ0v) is 17.5. The monoisotopic (exact) mass is 392 g/mol. The molecular weight excluding hydrogens is 360 g/mol. The zero-order valence-electron chi connectivity index (χ0n) is 15.7. The van der Waals surface area contributed by atoms with Crippen LogP contribution in [0.2, 0.25) is 0 Å². The number of hydrogen-bond acceptors (Lipinski definition) is 4. The predicted molar refractivity (Wildman–Crippen MR) is 110 cm³/mol. The Bertz CT molecular complexity index is 613. The van der Waals surface area contributed by atoms with Crippen LogP contribution in [0.1, 0.15) is 77.0 Å². The van der Waals surface area contributed by atoms with E-state index in [1.807, 2.05) is 0 Å². The number of ether oxygens (including phenoxy) is 2. The topological polar surface area (TPSA) is 18.5 Å². The summed E-state index contributed by atoms with van der Waals surface area (Å²) in [5.41, 5.74) is -0.268. The lowest BCUT2D eigenvalue weighted by atomic mass is 9.78. The van der Waals surface area contributed by atoms with Crippen molar-refractivity contribution in [1.82, 2.24) is 0 Å². The van der Waals surface area contributed by atoms with E-state index in [0.717, 1.165) is 49.4 Å². The summed E-state index contributed by atoms with van der Waals surface area (Å²) in [5.74, 6) is 3.66. The molecule has 6 aliphatic carbocycles. The minimum absolute atomic E-state index is 0.0440. The molecule has 0 aliphatic heterocycles. The second kappa shape index (κ2) is 5.14. The van der Waals surface area contributed by atoms with E-state index < -0.39 is 0 Å². The lowest BCUT2D eigenvalue weighted by molar-refractivity contribution is -0.139. The molecule has 0 spiro atoms. The molecule has 0 aromatic heterocycles. The smallest absolute Gasteiger partial charge is 0.272 e. The molecule has 144 valence electrons. The Morgan fingerprint density at radius 1 is 0.731 bits per heavy atom. The first-order valence-corrected chi connectivity index (χ1v) is 11.8. The molecule has 0 saturated heterocycles. The van der Waals surface area contributed by atoms with E-state index in [0.29, 0.717) is 5.95 Å². The maximum absolute atomic E-state index is 6.68. The van der Waals surface area contributed by atoms with Crippen molar-refractivity contribution in [2.24, 2.45) is 23.7 Å². The van der Waals surface area contributed by atoms with Gasteiger partial charge in [0.1, 0.15) is 11.2 Å². The van der Waals surface area contributed by atoms with Crippen LogP contribution in [0.3, 0.4) is 0 Å². The van der Waals surface area contributed by atoms with Gasteiger partial charge in [0, 0.05) is 0 Å². The number of thiol groups is 2. The highest BCUT2D eigenvalue weighted by Crippen LogP contribution is 2.70. The lowest BCUT2D eigenvalue weighted by Gasteiger charge is -2.47. The molecule has 6 saturated carbocycles. The molecule has 0 radical (unpaired) electrons. The summed E-state index contributed by atoms with van der Waals surface area (Å²) < 4.78 is 13.4. The van der Waals surface area contributed by atoms with Crippen molar-refractivity contribution in [2.45, 2.75) is 97.7 Å². The summed E-state index contributed by atoms with van der Waals surface area (Å²) in [6.45, 7) is 4.28. The van der Waals surface area contributed by atoms with Gasteiger partial charge in [0.25, 0.3) is 5.95 Å². The predicted octanol–water partition coefficient (Wildman–Crippen LogP) is 5.53. The highest BCUT2D eigenvalue weighted by Gasteiger charge is 2.71.